The van der Waals surface area contributed by atoms with Gasteiger partial charge in [0.2, 0.25) is 0 Å². The molecule has 2 aliphatic rings. The van der Waals surface area contributed by atoms with Gasteiger partial charge in [0.15, 0.2) is 0 Å². The molecule has 0 radical (unpaired) electrons. The minimum absolute atomic E-state index is 0.105. The number of carbonyl (C=O) groups excluding carboxylic acids is 1. The van der Waals surface area contributed by atoms with E-state index in [1.807, 2.05) is 25.3 Å². The zero-order valence-electron chi connectivity index (χ0n) is 15.0. The second kappa shape index (κ2) is 9.01. The van der Waals surface area contributed by atoms with Crippen LogP contribution in [-0.4, -0.2) is 67.9 Å². The standard InChI is InChI=1S/C18H29N5O2/c1-15(14-22-8-10-25-11-9-22)21-18(24)20-13-16-4-5-17(19-12-16)23-6-2-3-7-23/h4-5,12,15H,2-3,6-11,13-14H2,1H3,(H2,20,21,24). The van der Waals surface area contributed by atoms with Crippen molar-refractivity contribution in [2.75, 3.05) is 50.8 Å². The van der Waals surface area contributed by atoms with Crippen molar-refractivity contribution in [3.63, 3.8) is 0 Å². The van der Waals surface area contributed by atoms with Gasteiger partial charge in [0.05, 0.1) is 13.2 Å². The van der Waals surface area contributed by atoms with Crippen LogP contribution in [-0.2, 0) is 11.3 Å². The number of morpholine rings is 1. The van der Waals surface area contributed by atoms with Crippen molar-refractivity contribution in [2.24, 2.45) is 0 Å². The SMILES string of the molecule is CC(CN1CCOCC1)NC(=O)NCc1ccc(N2CCCC2)nc1. The van der Waals surface area contributed by atoms with E-state index in [1.54, 1.807) is 0 Å². The van der Waals surface area contributed by atoms with E-state index in [-0.39, 0.29) is 12.1 Å². The van der Waals surface area contributed by atoms with E-state index in [4.69, 9.17) is 4.74 Å². The molecule has 0 spiro atoms. The van der Waals surface area contributed by atoms with Gasteiger partial charge in [-0.05, 0) is 31.4 Å². The molecule has 2 aliphatic heterocycles. The van der Waals surface area contributed by atoms with Crippen LogP contribution in [0.1, 0.15) is 25.3 Å². The average Bonchev–Trinajstić information content (AvgIpc) is 3.16. The summed E-state index contributed by atoms with van der Waals surface area (Å²) in [6.45, 7) is 8.97. The molecule has 2 saturated heterocycles. The summed E-state index contributed by atoms with van der Waals surface area (Å²) in [5.74, 6) is 1.03. The van der Waals surface area contributed by atoms with Crippen molar-refractivity contribution < 1.29 is 9.53 Å². The van der Waals surface area contributed by atoms with Crippen LogP contribution in [0.4, 0.5) is 10.6 Å². The molecule has 1 atom stereocenters. The van der Waals surface area contributed by atoms with E-state index in [0.717, 1.165) is 57.3 Å². The monoisotopic (exact) mass is 347 g/mol. The van der Waals surface area contributed by atoms with Crippen molar-refractivity contribution in [2.45, 2.75) is 32.4 Å². The van der Waals surface area contributed by atoms with Crippen LogP contribution in [0.5, 0.6) is 0 Å². The number of aromatic nitrogens is 1. The Morgan fingerprint density at radius 3 is 2.68 bits per heavy atom. The molecular weight excluding hydrogens is 318 g/mol. The molecule has 2 amide bonds. The third-order valence-electron chi connectivity index (χ3n) is 4.71. The van der Waals surface area contributed by atoms with Crippen LogP contribution in [0, 0.1) is 0 Å². The lowest BCUT2D eigenvalue weighted by Gasteiger charge is -2.29. The summed E-state index contributed by atoms with van der Waals surface area (Å²) in [6, 6.07) is 4.05. The average molecular weight is 347 g/mol. The smallest absolute Gasteiger partial charge is 0.315 e. The van der Waals surface area contributed by atoms with Crippen LogP contribution in [0.15, 0.2) is 18.3 Å². The van der Waals surface area contributed by atoms with Crippen molar-refractivity contribution in [1.82, 2.24) is 20.5 Å². The zero-order chi connectivity index (χ0) is 17.5. The molecule has 2 fully saturated rings. The third kappa shape index (κ3) is 5.57. The summed E-state index contributed by atoms with van der Waals surface area (Å²) in [5, 5.41) is 5.90. The van der Waals surface area contributed by atoms with E-state index >= 15 is 0 Å². The fourth-order valence-electron chi connectivity index (χ4n) is 3.33. The van der Waals surface area contributed by atoms with Gasteiger partial charge in [-0.25, -0.2) is 9.78 Å². The van der Waals surface area contributed by atoms with Crippen LogP contribution in [0.25, 0.3) is 0 Å². The predicted molar refractivity (Wildman–Crippen MR) is 97.8 cm³/mol. The minimum Gasteiger partial charge on any atom is -0.379 e. The molecule has 3 rings (SSSR count). The summed E-state index contributed by atoms with van der Waals surface area (Å²) in [5.41, 5.74) is 1.01. The molecule has 1 aromatic rings. The molecule has 0 bridgehead atoms. The number of nitrogens with zero attached hydrogens (tertiary/aromatic N) is 3. The number of anilines is 1. The molecule has 138 valence electrons. The predicted octanol–water partition coefficient (Wildman–Crippen LogP) is 1.20. The first-order valence-electron chi connectivity index (χ1n) is 9.25. The van der Waals surface area contributed by atoms with Crippen molar-refractivity contribution in [3.05, 3.63) is 23.9 Å². The molecule has 7 heteroatoms. The van der Waals surface area contributed by atoms with Crippen LogP contribution in [0.3, 0.4) is 0 Å². The Morgan fingerprint density at radius 1 is 1.24 bits per heavy atom. The Hall–Kier alpha value is -1.86. The summed E-state index contributed by atoms with van der Waals surface area (Å²) in [4.78, 5) is 21.2. The third-order valence-corrected chi connectivity index (χ3v) is 4.71. The molecule has 25 heavy (non-hydrogen) atoms. The summed E-state index contributed by atoms with van der Waals surface area (Å²) in [7, 11) is 0. The highest BCUT2D eigenvalue weighted by molar-refractivity contribution is 5.74. The molecule has 1 unspecified atom stereocenters. The van der Waals surface area contributed by atoms with Crippen molar-refractivity contribution in [3.8, 4) is 0 Å². The second-order valence-electron chi connectivity index (χ2n) is 6.86. The number of hydrogen-bond donors (Lipinski definition) is 2. The minimum atomic E-state index is -0.135. The first-order valence-corrected chi connectivity index (χ1v) is 9.25. The molecule has 2 N–H and O–H groups in total. The van der Waals surface area contributed by atoms with Gasteiger partial charge in [-0.15, -0.1) is 0 Å². The quantitative estimate of drug-likeness (QED) is 0.809. The molecule has 0 aromatic carbocycles. The maximum Gasteiger partial charge on any atom is 0.315 e. The van der Waals surface area contributed by atoms with Crippen LogP contribution in [0.2, 0.25) is 0 Å². The van der Waals surface area contributed by atoms with Crippen molar-refractivity contribution >= 4 is 11.8 Å². The first-order chi connectivity index (χ1) is 12.2. The molecule has 0 aliphatic carbocycles. The lowest BCUT2D eigenvalue weighted by atomic mass is 10.2. The van der Waals surface area contributed by atoms with E-state index in [0.29, 0.717) is 6.54 Å². The topological polar surface area (TPSA) is 69.7 Å². The highest BCUT2D eigenvalue weighted by Crippen LogP contribution is 2.17. The highest BCUT2D eigenvalue weighted by Gasteiger charge is 2.15. The lowest BCUT2D eigenvalue weighted by Crippen LogP contribution is -2.48. The first kappa shape index (κ1) is 17.9. The maximum absolute atomic E-state index is 12.1. The van der Waals surface area contributed by atoms with E-state index < -0.39 is 0 Å². The second-order valence-corrected chi connectivity index (χ2v) is 6.86. The number of urea groups is 1. The normalized spacial score (nSPS) is 19.6. The Morgan fingerprint density at radius 2 is 2.00 bits per heavy atom. The Bertz CT molecular complexity index is 539. The lowest BCUT2D eigenvalue weighted by molar-refractivity contribution is 0.0349. The largest absolute Gasteiger partial charge is 0.379 e. The van der Waals surface area contributed by atoms with Gasteiger partial charge in [-0.3, -0.25) is 4.90 Å². The molecular formula is C18H29N5O2. The molecule has 0 saturated carbocycles. The Balaban J connectivity index is 1.37. The summed E-state index contributed by atoms with van der Waals surface area (Å²) < 4.78 is 5.34. The number of rotatable bonds is 6. The van der Waals surface area contributed by atoms with Gasteiger partial charge in [0, 0.05) is 51.5 Å². The van der Waals surface area contributed by atoms with Gasteiger partial charge >= 0.3 is 6.03 Å². The van der Waals surface area contributed by atoms with E-state index in [9.17, 15) is 4.79 Å². The van der Waals surface area contributed by atoms with Gasteiger partial charge in [-0.1, -0.05) is 6.07 Å². The number of hydrogen-bond acceptors (Lipinski definition) is 5. The summed E-state index contributed by atoms with van der Waals surface area (Å²) >= 11 is 0. The number of nitrogens with one attached hydrogen (secondary N) is 2. The summed E-state index contributed by atoms with van der Waals surface area (Å²) in [6.07, 6.45) is 4.34. The maximum atomic E-state index is 12.1. The molecule has 3 heterocycles. The van der Waals surface area contributed by atoms with E-state index in [2.05, 4.69) is 25.4 Å². The zero-order valence-corrected chi connectivity index (χ0v) is 15.0. The number of amides is 2. The fraction of sp³-hybridized carbons (Fsp3) is 0.667. The van der Waals surface area contributed by atoms with Gasteiger partial charge < -0.3 is 20.3 Å². The van der Waals surface area contributed by atoms with Crippen LogP contribution >= 0.6 is 0 Å². The van der Waals surface area contributed by atoms with Gasteiger partial charge in [-0.2, -0.15) is 0 Å². The van der Waals surface area contributed by atoms with Crippen LogP contribution < -0.4 is 15.5 Å². The Labute approximate surface area is 149 Å². The van der Waals surface area contributed by atoms with E-state index in [1.165, 1.54) is 12.8 Å². The molecule has 1 aromatic heterocycles. The highest BCUT2D eigenvalue weighted by atomic mass is 16.5. The number of pyridine rings is 1. The molecule has 7 nitrogen and oxygen atoms in total. The number of ether oxygens (including phenoxy) is 1. The van der Waals surface area contributed by atoms with Gasteiger partial charge in [0.1, 0.15) is 5.82 Å². The van der Waals surface area contributed by atoms with Crippen molar-refractivity contribution in [1.29, 1.82) is 0 Å². The number of carbonyl (C=O) groups is 1. The Kier molecular flexibility index (Phi) is 6.47. The fourth-order valence-corrected chi connectivity index (χ4v) is 3.33. The van der Waals surface area contributed by atoms with Gasteiger partial charge in [0.25, 0.3) is 0 Å².